The fourth-order valence-corrected chi connectivity index (χ4v) is 3.54. The third-order valence-corrected chi connectivity index (χ3v) is 5.14. The smallest absolute Gasteiger partial charge is 0.0912 e. The summed E-state index contributed by atoms with van der Waals surface area (Å²) in [7, 11) is 0. The quantitative estimate of drug-likeness (QED) is 0.714. The Morgan fingerprint density at radius 1 is 1.12 bits per heavy atom. The minimum absolute atomic E-state index is 0.163. The molecule has 0 amide bonds. The fraction of sp³-hybridized carbons (Fsp3) is 0.923. The Kier molecular flexibility index (Phi) is 2.56. The van der Waals surface area contributed by atoms with Gasteiger partial charge in [-0.2, -0.15) is 5.26 Å². The maximum absolute atomic E-state index is 10.6. The topological polar surface area (TPSA) is 64.2 Å². The summed E-state index contributed by atoms with van der Waals surface area (Å²) >= 11 is 0. The molecule has 0 aromatic heterocycles. The molecule has 2 fully saturated rings. The van der Waals surface area contributed by atoms with Gasteiger partial charge in [0.15, 0.2) is 0 Å². The molecule has 2 saturated carbocycles. The molecule has 2 aliphatic rings. The zero-order valence-electron chi connectivity index (χ0n) is 10.2. The van der Waals surface area contributed by atoms with E-state index in [9.17, 15) is 15.5 Å². The summed E-state index contributed by atoms with van der Waals surface area (Å²) in [4.78, 5) is 0. The number of hydrogen-bond donors (Lipinski definition) is 2. The van der Waals surface area contributed by atoms with E-state index in [1.165, 1.54) is 0 Å². The first-order valence-electron chi connectivity index (χ1n) is 6.24. The summed E-state index contributed by atoms with van der Waals surface area (Å²) in [5.41, 5.74) is -2.42. The Balaban J connectivity index is 2.37. The number of nitriles is 1. The van der Waals surface area contributed by atoms with Crippen LogP contribution in [0.1, 0.15) is 52.4 Å². The van der Waals surface area contributed by atoms with E-state index in [4.69, 9.17) is 0 Å². The molecular formula is C13H21NO2. The Hall–Kier alpha value is -0.590. The van der Waals surface area contributed by atoms with Gasteiger partial charge in [-0.15, -0.1) is 0 Å². The van der Waals surface area contributed by atoms with Crippen molar-refractivity contribution in [3.8, 4) is 6.07 Å². The summed E-state index contributed by atoms with van der Waals surface area (Å²) < 4.78 is 0. The van der Waals surface area contributed by atoms with Gasteiger partial charge in [-0.3, -0.25) is 0 Å². The second-order valence-corrected chi connectivity index (χ2v) is 5.90. The minimum Gasteiger partial charge on any atom is -0.390 e. The molecule has 3 heteroatoms. The molecule has 0 bridgehead atoms. The summed E-state index contributed by atoms with van der Waals surface area (Å²) in [6.07, 6.45) is 4.69. The molecule has 0 unspecified atom stereocenters. The van der Waals surface area contributed by atoms with E-state index in [0.29, 0.717) is 12.8 Å². The largest absolute Gasteiger partial charge is 0.390 e. The lowest BCUT2D eigenvalue weighted by molar-refractivity contribution is -0.190. The minimum atomic E-state index is -0.856. The van der Waals surface area contributed by atoms with Crippen LogP contribution in [0.15, 0.2) is 0 Å². The molecule has 2 aliphatic carbocycles. The van der Waals surface area contributed by atoms with Crippen molar-refractivity contribution in [2.45, 2.75) is 63.6 Å². The van der Waals surface area contributed by atoms with Crippen molar-refractivity contribution in [2.75, 3.05) is 0 Å². The van der Waals surface area contributed by atoms with Crippen molar-refractivity contribution in [3.05, 3.63) is 0 Å². The molecule has 0 heterocycles. The van der Waals surface area contributed by atoms with Crippen LogP contribution >= 0.6 is 0 Å². The molecule has 0 spiro atoms. The van der Waals surface area contributed by atoms with E-state index in [1.54, 1.807) is 6.92 Å². The standard InChI is InChI=1S/C13H21NO2/c1-10-11(2,15)5-3-6-12(10,9-14)13(16)7-4-8-13/h10,15-16H,3-8H2,1-2H3/t10-,11-,12+/m0/s1. The fourth-order valence-electron chi connectivity index (χ4n) is 3.54. The first kappa shape index (κ1) is 11.9. The van der Waals surface area contributed by atoms with Crippen LogP contribution in [0, 0.1) is 22.7 Å². The molecule has 0 aromatic carbocycles. The normalized spacial score (nSPS) is 46.8. The lowest BCUT2D eigenvalue weighted by Gasteiger charge is -2.57. The molecule has 0 saturated heterocycles. The van der Waals surface area contributed by atoms with Gasteiger partial charge in [0.05, 0.1) is 22.7 Å². The Bertz CT molecular complexity index is 327. The average molecular weight is 223 g/mol. The number of nitrogens with zero attached hydrogens (tertiary/aromatic N) is 1. The highest BCUT2D eigenvalue weighted by atomic mass is 16.3. The summed E-state index contributed by atoms with van der Waals surface area (Å²) in [5, 5.41) is 30.4. The van der Waals surface area contributed by atoms with Gasteiger partial charge in [-0.05, 0) is 45.4 Å². The first-order chi connectivity index (χ1) is 7.38. The molecule has 0 radical (unpaired) electrons. The van der Waals surface area contributed by atoms with Crippen molar-refractivity contribution in [3.63, 3.8) is 0 Å². The van der Waals surface area contributed by atoms with Gasteiger partial charge in [0.2, 0.25) is 0 Å². The highest BCUT2D eigenvalue weighted by molar-refractivity contribution is 5.20. The lowest BCUT2D eigenvalue weighted by Crippen LogP contribution is -2.61. The molecule has 3 nitrogen and oxygen atoms in total. The Morgan fingerprint density at radius 2 is 1.69 bits per heavy atom. The predicted molar refractivity (Wildman–Crippen MR) is 60.5 cm³/mol. The van der Waals surface area contributed by atoms with Gasteiger partial charge in [0, 0.05) is 5.92 Å². The predicted octanol–water partition coefficient (Wildman–Crippen LogP) is 1.98. The van der Waals surface area contributed by atoms with Crippen molar-refractivity contribution in [2.24, 2.45) is 11.3 Å². The number of aliphatic hydroxyl groups is 2. The van der Waals surface area contributed by atoms with Crippen molar-refractivity contribution in [1.82, 2.24) is 0 Å². The monoisotopic (exact) mass is 223 g/mol. The van der Waals surface area contributed by atoms with Crippen LogP contribution in [0.2, 0.25) is 0 Å². The summed E-state index contributed by atoms with van der Waals surface area (Å²) in [5.74, 6) is -0.163. The van der Waals surface area contributed by atoms with Crippen LogP contribution in [0.4, 0.5) is 0 Å². The van der Waals surface area contributed by atoms with Crippen molar-refractivity contribution < 1.29 is 10.2 Å². The third-order valence-electron chi connectivity index (χ3n) is 5.14. The molecule has 16 heavy (non-hydrogen) atoms. The molecule has 2 rings (SSSR count). The second-order valence-electron chi connectivity index (χ2n) is 5.90. The maximum Gasteiger partial charge on any atom is 0.0912 e. The second kappa shape index (κ2) is 3.45. The Labute approximate surface area is 97.1 Å². The van der Waals surface area contributed by atoms with Gasteiger partial charge >= 0.3 is 0 Å². The van der Waals surface area contributed by atoms with Crippen molar-refractivity contribution in [1.29, 1.82) is 5.26 Å². The van der Waals surface area contributed by atoms with Gasteiger partial charge < -0.3 is 10.2 Å². The average Bonchev–Trinajstić information content (AvgIpc) is 2.19. The van der Waals surface area contributed by atoms with E-state index in [0.717, 1.165) is 25.7 Å². The molecule has 3 atom stereocenters. The van der Waals surface area contributed by atoms with Gasteiger partial charge in [-0.25, -0.2) is 0 Å². The number of rotatable bonds is 1. The SMILES string of the molecule is C[C@H]1[C@@](C)(O)CCC[C@]1(C#N)C1(O)CCC1. The first-order valence-corrected chi connectivity index (χ1v) is 6.24. The molecular weight excluding hydrogens is 202 g/mol. The van der Waals surface area contributed by atoms with Crippen LogP contribution in [-0.4, -0.2) is 21.4 Å². The van der Waals surface area contributed by atoms with E-state index < -0.39 is 16.6 Å². The highest BCUT2D eigenvalue weighted by Gasteiger charge is 2.61. The van der Waals surface area contributed by atoms with Crippen LogP contribution in [-0.2, 0) is 0 Å². The third kappa shape index (κ3) is 1.33. The van der Waals surface area contributed by atoms with Gasteiger partial charge in [-0.1, -0.05) is 6.92 Å². The number of hydrogen-bond acceptors (Lipinski definition) is 3. The van der Waals surface area contributed by atoms with E-state index in [2.05, 4.69) is 6.07 Å². The van der Waals surface area contributed by atoms with Crippen LogP contribution < -0.4 is 0 Å². The zero-order chi connectivity index (χ0) is 12.0. The van der Waals surface area contributed by atoms with Crippen molar-refractivity contribution >= 4 is 0 Å². The molecule has 0 aliphatic heterocycles. The van der Waals surface area contributed by atoms with Gasteiger partial charge in [0.25, 0.3) is 0 Å². The van der Waals surface area contributed by atoms with Gasteiger partial charge in [0.1, 0.15) is 0 Å². The highest BCUT2D eigenvalue weighted by Crippen LogP contribution is 2.58. The van der Waals surface area contributed by atoms with Crippen LogP contribution in [0.25, 0.3) is 0 Å². The van der Waals surface area contributed by atoms with E-state index in [-0.39, 0.29) is 5.92 Å². The van der Waals surface area contributed by atoms with E-state index in [1.807, 2.05) is 6.92 Å². The van der Waals surface area contributed by atoms with E-state index >= 15 is 0 Å². The molecule has 0 aromatic rings. The molecule has 2 N–H and O–H groups in total. The van der Waals surface area contributed by atoms with Crippen LogP contribution in [0.5, 0.6) is 0 Å². The summed E-state index contributed by atoms with van der Waals surface area (Å²) in [6.45, 7) is 3.71. The Morgan fingerprint density at radius 3 is 2.12 bits per heavy atom. The lowest BCUT2D eigenvalue weighted by atomic mass is 9.50. The zero-order valence-corrected chi connectivity index (χ0v) is 10.2. The molecule has 90 valence electrons. The maximum atomic E-state index is 10.6. The summed E-state index contributed by atoms with van der Waals surface area (Å²) in [6, 6.07) is 2.36. The van der Waals surface area contributed by atoms with Crippen LogP contribution in [0.3, 0.4) is 0 Å².